The van der Waals surface area contributed by atoms with Gasteiger partial charge < -0.3 is 10.1 Å². The maximum absolute atomic E-state index is 12.1. The standard InChI is InChI=1S/C18H19N3O3/c1-12(14-6-10-17(24-3)11-7-14)20-21-18(23)15-4-8-16(9-5-15)19-13(2)22/h4-11H,1-3H3,(H,19,22)(H,21,23)/b20-12-. The zero-order valence-corrected chi connectivity index (χ0v) is 13.8. The molecular formula is C18H19N3O3. The molecule has 2 aromatic carbocycles. The number of amides is 2. The first-order chi connectivity index (χ1) is 11.5. The summed E-state index contributed by atoms with van der Waals surface area (Å²) in [6.45, 7) is 3.24. The average molecular weight is 325 g/mol. The van der Waals surface area contributed by atoms with Crippen LogP contribution in [0.25, 0.3) is 0 Å². The minimum atomic E-state index is -0.322. The second-order valence-corrected chi connectivity index (χ2v) is 5.13. The zero-order valence-electron chi connectivity index (χ0n) is 13.8. The Morgan fingerprint density at radius 2 is 1.50 bits per heavy atom. The summed E-state index contributed by atoms with van der Waals surface area (Å²) in [4.78, 5) is 23.1. The first-order valence-electron chi connectivity index (χ1n) is 7.36. The predicted molar refractivity (Wildman–Crippen MR) is 93.4 cm³/mol. The molecule has 0 aliphatic rings. The Kier molecular flexibility index (Phi) is 5.68. The molecule has 0 saturated carbocycles. The van der Waals surface area contributed by atoms with Crippen LogP contribution in [0, 0.1) is 0 Å². The van der Waals surface area contributed by atoms with Crippen LogP contribution in [0.5, 0.6) is 5.75 Å². The summed E-state index contributed by atoms with van der Waals surface area (Å²) in [5.74, 6) is 0.277. The molecule has 24 heavy (non-hydrogen) atoms. The minimum absolute atomic E-state index is 0.160. The summed E-state index contributed by atoms with van der Waals surface area (Å²) in [6, 6.07) is 14.0. The molecule has 0 unspecified atom stereocenters. The van der Waals surface area contributed by atoms with Crippen molar-refractivity contribution in [2.75, 3.05) is 12.4 Å². The van der Waals surface area contributed by atoms with E-state index in [4.69, 9.17) is 4.74 Å². The fourth-order valence-corrected chi connectivity index (χ4v) is 2.00. The SMILES string of the molecule is COc1ccc(/C(C)=N\NC(=O)c2ccc(NC(C)=O)cc2)cc1. The van der Waals surface area contributed by atoms with Crippen molar-refractivity contribution in [3.63, 3.8) is 0 Å². The van der Waals surface area contributed by atoms with Gasteiger partial charge in [0.05, 0.1) is 12.8 Å². The van der Waals surface area contributed by atoms with Gasteiger partial charge in [-0.15, -0.1) is 0 Å². The van der Waals surface area contributed by atoms with E-state index in [0.29, 0.717) is 17.0 Å². The van der Waals surface area contributed by atoms with Crippen molar-refractivity contribution >= 4 is 23.2 Å². The summed E-state index contributed by atoms with van der Waals surface area (Å²) < 4.78 is 5.10. The van der Waals surface area contributed by atoms with Crippen molar-refractivity contribution in [1.29, 1.82) is 0 Å². The molecule has 2 amide bonds. The molecule has 0 aliphatic heterocycles. The Morgan fingerprint density at radius 1 is 0.917 bits per heavy atom. The predicted octanol–water partition coefficient (Wildman–Crippen LogP) is 2.81. The number of rotatable bonds is 5. The number of hydrogen-bond acceptors (Lipinski definition) is 4. The molecule has 124 valence electrons. The maximum atomic E-state index is 12.1. The van der Waals surface area contributed by atoms with Gasteiger partial charge in [0.2, 0.25) is 5.91 Å². The lowest BCUT2D eigenvalue weighted by Gasteiger charge is -2.05. The van der Waals surface area contributed by atoms with Gasteiger partial charge in [-0.2, -0.15) is 5.10 Å². The van der Waals surface area contributed by atoms with Crippen molar-refractivity contribution in [2.45, 2.75) is 13.8 Å². The van der Waals surface area contributed by atoms with E-state index in [1.807, 2.05) is 31.2 Å². The number of carbonyl (C=O) groups is 2. The fourth-order valence-electron chi connectivity index (χ4n) is 2.00. The third kappa shape index (κ3) is 4.67. The largest absolute Gasteiger partial charge is 0.497 e. The summed E-state index contributed by atoms with van der Waals surface area (Å²) in [5, 5.41) is 6.75. The van der Waals surface area contributed by atoms with E-state index in [1.165, 1.54) is 6.92 Å². The van der Waals surface area contributed by atoms with E-state index < -0.39 is 0 Å². The van der Waals surface area contributed by atoms with E-state index in [9.17, 15) is 9.59 Å². The zero-order chi connectivity index (χ0) is 17.5. The van der Waals surface area contributed by atoms with E-state index in [2.05, 4.69) is 15.8 Å². The molecule has 0 fully saturated rings. The topological polar surface area (TPSA) is 79.8 Å². The van der Waals surface area contributed by atoms with Gasteiger partial charge in [0.25, 0.3) is 5.91 Å². The molecule has 2 aromatic rings. The smallest absolute Gasteiger partial charge is 0.271 e. The number of ether oxygens (including phenoxy) is 1. The summed E-state index contributed by atoms with van der Waals surface area (Å²) in [5.41, 5.74) is 5.17. The van der Waals surface area contributed by atoms with E-state index in [-0.39, 0.29) is 11.8 Å². The molecule has 2 N–H and O–H groups in total. The molecule has 0 atom stereocenters. The number of hydrazone groups is 1. The number of benzene rings is 2. The lowest BCUT2D eigenvalue weighted by Crippen LogP contribution is -2.19. The van der Waals surface area contributed by atoms with Crippen LogP contribution in [0.15, 0.2) is 53.6 Å². The first-order valence-corrected chi connectivity index (χ1v) is 7.36. The van der Waals surface area contributed by atoms with Crippen LogP contribution in [0.3, 0.4) is 0 Å². The molecule has 0 saturated heterocycles. The van der Waals surface area contributed by atoms with Crippen molar-refractivity contribution in [2.24, 2.45) is 5.10 Å². The highest BCUT2D eigenvalue weighted by molar-refractivity contribution is 6.01. The number of nitrogens with one attached hydrogen (secondary N) is 2. The van der Waals surface area contributed by atoms with Crippen LogP contribution < -0.4 is 15.5 Å². The van der Waals surface area contributed by atoms with Crippen molar-refractivity contribution < 1.29 is 14.3 Å². The molecular weight excluding hydrogens is 306 g/mol. The van der Waals surface area contributed by atoms with Crippen LogP contribution in [0.4, 0.5) is 5.69 Å². The first kappa shape index (κ1) is 17.2. The normalized spacial score (nSPS) is 10.9. The third-order valence-electron chi connectivity index (χ3n) is 3.30. The maximum Gasteiger partial charge on any atom is 0.271 e. The number of nitrogens with zero attached hydrogens (tertiary/aromatic N) is 1. The monoisotopic (exact) mass is 325 g/mol. The van der Waals surface area contributed by atoms with Gasteiger partial charge in [-0.25, -0.2) is 5.43 Å². The number of anilines is 1. The van der Waals surface area contributed by atoms with E-state index in [1.54, 1.807) is 31.4 Å². The van der Waals surface area contributed by atoms with Gasteiger partial charge in [0.15, 0.2) is 0 Å². The van der Waals surface area contributed by atoms with Crippen molar-refractivity contribution in [3.8, 4) is 5.75 Å². The Labute approximate surface area is 140 Å². The number of methoxy groups -OCH3 is 1. The molecule has 0 spiro atoms. The third-order valence-corrected chi connectivity index (χ3v) is 3.30. The minimum Gasteiger partial charge on any atom is -0.497 e. The molecule has 2 rings (SSSR count). The van der Waals surface area contributed by atoms with Crippen LogP contribution in [0.2, 0.25) is 0 Å². The second kappa shape index (κ2) is 7.92. The van der Waals surface area contributed by atoms with Gasteiger partial charge in [0.1, 0.15) is 5.75 Å². The highest BCUT2D eigenvalue weighted by Crippen LogP contribution is 2.12. The highest BCUT2D eigenvalue weighted by atomic mass is 16.5. The lowest BCUT2D eigenvalue weighted by molar-refractivity contribution is -0.114. The number of hydrogen-bond donors (Lipinski definition) is 2. The summed E-state index contributed by atoms with van der Waals surface area (Å²) in [7, 11) is 1.60. The fraction of sp³-hybridized carbons (Fsp3) is 0.167. The van der Waals surface area contributed by atoms with Crippen LogP contribution >= 0.6 is 0 Å². The Bertz CT molecular complexity index is 750. The molecule has 0 bridgehead atoms. The molecule has 0 aromatic heterocycles. The van der Waals surface area contributed by atoms with Gasteiger partial charge in [-0.3, -0.25) is 9.59 Å². The van der Waals surface area contributed by atoms with Gasteiger partial charge >= 0.3 is 0 Å². The molecule has 6 heteroatoms. The van der Waals surface area contributed by atoms with Gasteiger partial charge in [0, 0.05) is 18.2 Å². The highest BCUT2D eigenvalue weighted by Gasteiger charge is 2.05. The number of carbonyl (C=O) groups excluding carboxylic acids is 2. The lowest BCUT2D eigenvalue weighted by atomic mass is 10.1. The average Bonchev–Trinajstić information content (AvgIpc) is 2.59. The van der Waals surface area contributed by atoms with E-state index in [0.717, 1.165) is 11.3 Å². The quantitative estimate of drug-likeness (QED) is 0.655. The Balaban J connectivity index is 2.01. The molecule has 0 heterocycles. The van der Waals surface area contributed by atoms with Crippen LogP contribution in [-0.2, 0) is 4.79 Å². The van der Waals surface area contributed by atoms with Crippen molar-refractivity contribution in [3.05, 3.63) is 59.7 Å². The molecule has 0 aliphatic carbocycles. The Hall–Kier alpha value is -3.15. The second-order valence-electron chi connectivity index (χ2n) is 5.13. The molecule has 0 radical (unpaired) electrons. The van der Waals surface area contributed by atoms with Crippen molar-refractivity contribution in [1.82, 2.24) is 5.43 Å². The van der Waals surface area contributed by atoms with Crippen LogP contribution in [0.1, 0.15) is 29.8 Å². The summed E-state index contributed by atoms with van der Waals surface area (Å²) in [6.07, 6.45) is 0. The van der Waals surface area contributed by atoms with E-state index >= 15 is 0 Å². The Morgan fingerprint density at radius 3 is 2.04 bits per heavy atom. The van der Waals surface area contributed by atoms with Gasteiger partial charge in [-0.1, -0.05) is 0 Å². The van der Waals surface area contributed by atoms with Gasteiger partial charge in [-0.05, 0) is 61.0 Å². The summed E-state index contributed by atoms with van der Waals surface area (Å²) >= 11 is 0. The molecule has 6 nitrogen and oxygen atoms in total. The van der Waals surface area contributed by atoms with Crippen LogP contribution in [-0.4, -0.2) is 24.6 Å².